The first kappa shape index (κ1) is 21.4. The van der Waals surface area contributed by atoms with E-state index < -0.39 is 10.1 Å². The van der Waals surface area contributed by atoms with Crippen molar-refractivity contribution in [2.24, 2.45) is 0 Å². The third kappa shape index (κ3) is 6.07. The number of carbonyl (C=O) groups excluding carboxylic acids is 1. The van der Waals surface area contributed by atoms with Crippen LogP contribution in [-0.4, -0.2) is 31.0 Å². The van der Waals surface area contributed by atoms with Crippen LogP contribution < -0.4 is 4.18 Å². The fourth-order valence-electron chi connectivity index (χ4n) is 2.53. The van der Waals surface area contributed by atoms with Crippen molar-refractivity contribution in [3.05, 3.63) is 64.1 Å². The van der Waals surface area contributed by atoms with Gasteiger partial charge in [-0.1, -0.05) is 41.1 Å². The molecule has 7 heteroatoms. The summed E-state index contributed by atoms with van der Waals surface area (Å²) >= 11 is 3.40. The zero-order chi connectivity index (χ0) is 20.0. The molecule has 0 fully saturated rings. The number of halogens is 1. The summed E-state index contributed by atoms with van der Waals surface area (Å²) in [6, 6.07) is 14.2. The van der Waals surface area contributed by atoms with Crippen molar-refractivity contribution >= 4 is 32.0 Å². The second-order valence-corrected chi connectivity index (χ2v) is 9.05. The van der Waals surface area contributed by atoms with Crippen molar-refractivity contribution in [3.8, 4) is 5.75 Å². The van der Waals surface area contributed by atoms with E-state index in [1.54, 1.807) is 35.2 Å². The number of amides is 1. The number of carbonyl (C=O) groups is 1. The first-order valence-corrected chi connectivity index (χ1v) is 11.2. The zero-order valence-corrected chi connectivity index (χ0v) is 18.1. The molecule has 0 saturated heterocycles. The third-order valence-electron chi connectivity index (χ3n) is 4.28. The summed E-state index contributed by atoms with van der Waals surface area (Å²) in [7, 11) is -3.59. The predicted molar refractivity (Wildman–Crippen MR) is 110 cm³/mol. The van der Waals surface area contributed by atoms with E-state index in [0.717, 1.165) is 16.5 Å². The summed E-state index contributed by atoms with van der Waals surface area (Å²) in [6.45, 7) is 5.92. The molecule has 0 aliphatic carbocycles. The highest BCUT2D eigenvalue weighted by molar-refractivity contribution is 9.10. The molecule has 0 spiro atoms. The standard InChI is InChI=1S/C20H24BrNO4S/c1-4-15(3)22(20(23)17-9-7-10-18(21)13-17)14-16-8-6-11-19(12-16)26-27(24,25)5-2/h6-13,15H,4-5,14H2,1-3H3. The molecule has 0 saturated carbocycles. The lowest BCUT2D eigenvalue weighted by Gasteiger charge is -2.29. The Balaban J connectivity index is 2.28. The Labute approximate surface area is 169 Å². The van der Waals surface area contributed by atoms with Gasteiger partial charge in [0, 0.05) is 22.6 Å². The fourth-order valence-corrected chi connectivity index (χ4v) is 3.45. The van der Waals surface area contributed by atoms with Crippen LogP contribution >= 0.6 is 15.9 Å². The smallest absolute Gasteiger partial charge is 0.308 e. The van der Waals surface area contributed by atoms with Crippen molar-refractivity contribution in [2.45, 2.75) is 39.8 Å². The van der Waals surface area contributed by atoms with E-state index in [1.165, 1.54) is 6.92 Å². The average molecular weight is 454 g/mol. The Kier molecular flexibility index (Phi) is 7.44. The minimum Gasteiger partial charge on any atom is -0.382 e. The van der Waals surface area contributed by atoms with Crippen molar-refractivity contribution < 1.29 is 17.4 Å². The van der Waals surface area contributed by atoms with Crippen LogP contribution in [0.15, 0.2) is 53.0 Å². The van der Waals surface area contributed by atoms with Gasteiger partial charge in [0.15, 0.2) is 0 Å². The molecule has 0 bridgehead atoms. The van der Waals surface area contributed by atoms with E-state index >= 15 is 0 Å². The maximum absolute atomic E-state index is 13.0. The predicted octanol–water partition coefficient (Wildman–Crippen LogP) is 4.62. The molecule has 146 valence electrons. The second kappa shape index (κ2) is 9.37. The Bertz CT molecular complexity index is 898. The Morgan fingerprint density at radius 3 is 2.48 bits per heavy atom. The molecule has 27 heavy (non-hydrogen) atoms. The van der Waals surface area contributed by atoms with Crippen molar-refractivity contribution in [1.29, 1.82) is 0 Å². The molecule has 2 aromatic carbocycles. The van der Waals surface area contributed by atoms with Crippen LogP contribution in [0.3, 0.4) is 0 Å². The van der Waals surface area contributed by atoms with Gasteiger partial charge in [-0.15, -0.1) is 0 Å². The summed E-state index contributed by atoms with van der Waals surface area (Å²) in [5.74, 6) is 0.0870. The number of rotatable bonds is 8. The molecule has 5 nitrogen and oxygen atoms in total. The zero-order valence-electron chi connectivity index (χ0n) is 15.7. The lowest BCUT2D eigenvalue weighted by Crippen LogP contribution is -2.37. The van der Waals surface area contributed by atoms with Gasteiger partial charge in [0.2, 0.25) is 0 Å². The van der Waals surface area contributed by atoms with Gasteiger partial charge in [0.25, 0.3) is 5.91 Å². The van der Waals surface area contributed by atoms with Crippen molar-refractivity contribution in [2.75, 3.05) is 5.75 Å². The number of benzene rings is 2. The van der Waals surface area contributed by atoms with Crippen molar-refractivity contribution in [3.63, 3.8) is 0 Å². The summed E-state index contributed by atoms with van der Waals surface area (Å²) in [5.41, 5.74) is 1.41. The summed E-state index contributed by atoms with van der Waals surface area (Å²) in [6.07, 6.45) is 0.806. The van der Waals surface area contributed by atoms with Gasteiger partial charge in [-0.2, -0.15) is 8.42 Å². The van der Waals surface area contributed by atoms with Crippen LogP contribution in [-0.2, 0) is 16.7 Å². The molecular formula is C20H24BrNO4S. The molecule has 0 radical (unpaired) electrons. The second-order valence-electron chi connectivity index (χ2n) is 6.28. The number of nitrogens with zero attached hydrogens (tertiary/aromatic N) is 1. The highest BCUT2D eigenvalue weighted by atomic mass is 79.9. The summed E-state index contributed by atoms with van der Waals surface area (Å²) in [5, 5.41) is 0. The summed E-state index contributed by atoms with van der Waals surface area (Å²) in [4.78, 5) is 14.8. The monoisotopic (exact) mass is 453 g/mol. The lowest BCUT2D eigenvalue weighted by molar-refractivity contribution is 0.0671. The van der Waals surface area contributed by atoms with Gasteiger partial charge in [-0.25, -0.2) is 0 Å². The maximum atomic E-state index is 13.0. The minimum atomic E-state index is -3.59. The van der Waals surface area contributed by atoms with E-state index in [-0.39, 0.29) is 23.5 Å². The topological polar surface area (TPSA) is 63.7 Å². The average Bonchev–Trinajstić information content (AvgIpc) is 2.65. The van der Waals surface area contributed by atoms with Crippen LogP contribution in [0.25, 0.3) is 0 Å². The van der Waals surface area contributed by atoms with E-state index in [4.69, 9.17) is 4.18 Å². The molecule has 0 aliphatic rings. The summed E-state index contributed by atoms with van der Waals surface area (Å²) < 4.78 is 29.3. The Morgan fingerprint density at radius 1 is 1.15 bits per heavy atom. The van der Waals surface area contributed by atoms with Gasteiger partial charge in [0.05, 0.1) is 5.75 Å². The Morgan fingerprint density at radius 2 is 1.85 bits per heavy atom. The van der Waals surface area contributed by atoms with Crippen LogP contribution in [0.4, 0.5) is 0 Å². The SMILES string of the molecule is CCC(C)N(Cc1cccc(OS(=O)(=O)CC)c1)C(=O)c1cccc(Br)c1. The molecule has 1 atom stereocenters. The maximum Gasteiger partial charge on any atom is 0.308 e. The molecule has 0 aromatic heterocycles. The van der Waals surface area contributed by atoms with Gasteiger partial charge in [0.1, 0.15) is 5.75 Å². The highest BCUT2D eigenvalue weighted by Gasteiger charge is 2.21. The number of hydrogen-bond donors (Lipinski definition) is 0. The third-order valence-corrected chi connectivity index (χ3v) is 5.93. The van der Waals surface area contributed by atoms with Crippen LogP contribution in [0.1, 0.15) is 43.1 Å². The largest absolute Gasteiger partial charge is 0.382 e. The van der Waals surface area contributed by atoms with Gasteiger partial charge < -0.3 is 9.08 Å². The van der Waals surface area contributed by atoms with Crippen LogP contribution in [0, 0.1) is 0 Å². The van der Waals surface area contributed by atoms with Gasteiger partial charge >= 0.3 is 10.1 Å². The van der Waals surface area contributed by atoms with E-state index in [1.807, 2.05) is 32.0 Å². The van der Waals surface area contributed by atoms with Crippen molar-refractivity contribution in [1.82, 2.24) is 4.90 Å². The quantitative estimate of drug-likeness (QED) is 0.547. The molecular weight excluding hydrogens is 430 g/mol. The molecule has 1 amide bonds. The minimum absolute atomic E-state index is 0.0282. The fraction of sp³-hybridized carbons (Fsp3) is 0.350. The van der Waals surface area contributed by atoms with Crippen LogP contribution in [0.2, 0.25) is 0 Å². The highest BCUT2D eigenvalue weighted by Crippen LogP contribution is 2.21. The normalized spacial score (nSPS) is 12.4. The first-order valence-electron chi connectivity index (χ1n) is 8.83. The molecule has 0 heterocycles. The van der Waals surface area contributed by atoms with E-state index in [2.05, 4.69) is 15.9 Å². The molecule has 2 rings (SSSR count). The first-order chi connectivity index (χ1) is 12.8. The number of hydrogen-bond acceptors (Lipinski definition) is 4. The molecule has 0 N–H and O–H groups in total. The Hall–Kier alpha value is -1.86. The molecule has 1 unspecified atom stereocenters. The van der Waals surface area contributed by atoms with E-state index in [9.17, 15) is 13.2 Å². The van der Waals surface area contributed by atoms with E-state index in [0.29, 0.717) is 12.1 Å². The van der Waals surface area contributed by atoms with Gasteiger partial charge in [-0.3, -0.25) is 4.79 Å². The van der Waals surface area contributed by atoms with Crippen LogP contribution in [0.5, 0.6) is 5.75 Å². The molecule has 2 aromatic rings. The lowest BCUT2D eigenvalue weighted by atomic mass is 10.1. The molecule has 0 aliphatic heterocycles. The van der Waals surface area contributed by atoms with Gasteiger partial charge in [-0.05, 0) is 56.2 Å².